The number of hydrogen-bond acceptors (Lipinski definition) is 3. The van der Waals surface area contributed by atoms with Gasteiger partial charge in [-0.05, 0) is 12.8 Å². The smallest absolute Gasteiger partial charge is 0.168 e. The molecule has 1 aliphatic carbocycles. The van der Waals surface area contributed by atoms with Gasteiger partial charge in [0.2, 0.25) is 0 Å². The first kappa shape index (κ1) is 11.4. The Labute approximate surface area is 84.8 Å². The summed E-state index contributed by atoms with van der Waals surface area (Å²) in [5.74, 6) is -0.394. The summed E-state index contributed by atoms with van der Waals surface area (Å²) in [6.45, 7) is 3.90. The minimum Gasteiger partial charge on any atom is -0.377 e. The van der Waals surface area contributed by atoms with Gasteiger partial charge < -0.3 is 4.74 Å². The Bertz CT molecular complexity index is 243. The van der Waals surface area contributed by atoms with Crippen molar-refractivity contribution in [2.75, 3.05) is 13.7 Å². The molecule has 0 aliphatic heterocycles. The van der Waals surface area contributed by atoms with Crippen LogP contribution >= 0.6 is 0 Å². The molecule has 0 N–H and O–H groups in total. The number of rotatable bonds is 3. The van der Waals surface area contributed by atoms with Crippen molar-refractivity contribution in [1.82, 2.24) is 0 Å². The topological polar surface area (TPSA) is 43.4 Å². The van der Waals surface area contributed by atoms with Crippen LogP contribution in [-0.4, -0.2) is 25.3 Å². The van der Waals surface area contributed by atoms with Gasteiger partial charge in [0.1, 0.15) is 12.4 Å². The maximum atomic E-state index is 11.9. The summed E-state index contributed by atoms with van der Waals surface area (Å²) >= 11 is 0. The molecule has 0 saturated heterocycles. The molecular formula is C11H18O3. The van der Waals surface area contributed by atoms with Gasteiger partial charge in [-0.1, -0.05) is 20.3 Å². The highest BCUT2D eigenvalue weighted by atomic mass is 16.5. The molecule has 1 atom stereocenters. The number of hydrogen-bond donors (Lipinski definition) is 0. The minimum absolute atomic E-state index is 0.0620. The van der Waals surface area contributed by atoms with Gasteiger partial charge >= 0.3 is 0 Å². The molecule has 1 unspecified atom stereocenters. The largest absolute Gasteiger partial charge is 0.377 e. The maximum Gasteiger partial charge on any atom is 0.168 e. The van der Waals surface area contributed by atoms with Crippen molar-refractivity contribution in [3.8, 4) is 0 Å². The van der Waals surface area contributed by atoms with Crippen LogP contribution < -0.4 is 0 Å². The number of carbonyl (C=O) groups excluding carboxylic acids is 2. The molecule has 1 fully saturated rings. The van der Waals surface area contributed by atoms with Crippen LogP contribution in [0.25, 0.3) is 0 Å². The molecule has 0 heterocycles. The van der Waals surface area contributed by atoms with E-state index in [1.165, 1.54) is 7.11 Å². The lowest BCUT2D eigenvalue weighted by molar-refractivity contribution is -0.142. The molecule has 1 saturated carbocycles. The zero-order valence-corrected chi connectivity index (χ0v) is 9.13. The van der Waals surface area contributed by atoms with E-state index in [1.54, 1.807) is 0 Å². The summed E-state index contributed by atoms with van der Waals surface area (Å²) < 4.78 is 4.77. The zero-order valence-electron chi connectivity index (χ0n) is 9.13. The van der Waals surface area contributed by atoms with E-state index in [2.05, 4.69) is 0 Å². The number of carbonyl (C=O) groups is 2. The van der Waals surface area contributed by atoms with Gasteiger partial charge in [-0.2, -0.15) is 0 Å². The van der Waals surface area contributed by atoms with E-state index in [0.717, 1.165) is 12.8 Å². The average molecular weight is 198 g/mol. The van der Waals surface area contributed by atoms with Crippen LogP contribution in [0.15, 0.2) is 0 Å². The fourth-order valence-corrected chi connectivity index (χ4v) is 2.02. The predicted molar refractivity (Wildman–Crippen MR) is 53.0 cm³/mol. The van der Waals surface area contributed by atoms with Gasteiger partial charge in [0, 0.05) is 12.5 Å². The molecule has 0 amide bonds. The first-order valence-corrected chi connectivity index (χ1v) is 5.05. The molecule has 3 nitrogen and oxygen atoms in total. The fraction of sp³-hybridized carbons (Fsp3) is 0.818. The van der Waals surface area contributed by atoms with Gasteiger partial charge in [0.05, 0.1) is 5.92 Å². The van der Waals surface area contributed by atoms with E-state index < -0.39 is 5.92 Å². The molecule has 1 aliphatic rings. The molecular weight excluding hydrogens is 180 g/mol. The van der Waals surface area contributed by atoms with Crippen molar-refractivity contribution in [3.05, 3.63) is 0 Å². The van der Waals surface area contributed by atoms with Gasteiger partial charge in [-0.3, -0.25) is 9.59 Å². The molecule has 0 aromatic heterocycles. The molecule has 0 bridgehead atoms. The van der Waals surface area contributed by atoms with Gasteiger partial charge in [0.15, 0.2) is 5.78 Å². The van der Waals surface area contributed by atoms with E-state index >= 15 is 0 Å². The molecule has 0 aromatic carbocycles. The zero-order chi connectivity index (χ0) is 10.8. The van der Waals surface area contributed by atoms with Gasteiger partial charge in [0.25, 0.3) is 0 Å². The standard InChI is InChI=1S/C11H18O3/c1-11(2)6-4-5-8(10(11)13)9(12)7-14-3/h8H,4-7H2,1-3H3. The lowest BCUT2D eigenvalue weighted by Gasteiger charge is -2.32. The summed E-state index contributed by atoms with van der Waals surface area (Å²) in [7, 11) is 1.48. The third kappa shape index (κ3) is 2.21. The highest BCUT2D eigenvalue weighted by Crippen LogP contribution is 2.35. The molecule has 14 heavy (non-hydrogen) atoms. The third-order valence-corrected chi connectivity index (χ3v) is 2.95. The van der Waals surface area contributed by atoms with Gasteiger partial charge in [-0.25, -0.2) is 0 Å². The SMILES string of the molecule is COCC(=O)C1CCCC(C)(C)C1=O. The van der Waals surface area contributed by atoms with Crippen LogP contribution in [0.2, 0.25) is 0 Å². The number of Topliss-reactive ketones (excluding diaryl/α,β-unsaturated/α-hetero) is 2. The van der Waals surface area contributed by atoms with Crippen molar-refractivity contribution < 1.29 is 14.3 Å². The van der Waals surface area contributed by atoms with Crippen molar-refractivity contribution in [2.24, 2.45) is 11.3 Å². The highest BCUT2D eigenvalue weighted by molar-refractivity contribution is 6.05. The Morgan fingerprint density at radius 1 is 1.57 bits per heavy atom. The monoisotopic (exact) mass is 198 g/mol. The fourth-order valence-electron chi connectivity index (χ4n) is 2.02. The van der Waals surface area contributed by atoms with E-state index in [9.17, 15) is 9.59 Å². The van der Waals surface area contributed by atoms with Crippen LogP contribution in [0.1, 0.15) is 33.1 Å². The summed E-state index contributed by atoms with van der Waals surface area (Å²) in [4.78, 5) is 23.4. The Morgan fingerprint density at radius 3 is 2.79 bits per heavy atom. The van der Waals surface area contributed by atoms with Crippen LogP contribution in [-0.2, 0) is 14.3 Å². The Balaban J connectivity index is 2.70. The first-order valence-electron chi connectivity index (χ1n) is 5.05. The molecule has 0 radical (unpaired) electrons. The van der Waals surface area contributed by atoms with Crippen molar-refractivity contribution >= 4 is 11.6 Å². The quantitative estimate of drug-likeness (QED) is 0.647. The Kier molecular flexibility index (Phi) is 3.43. The Hall–Kier alpha value is -0.700. The average Bonchev–Trinajstić information content (AvgIpc) is 2.10. The van der Waals surface area contributed by atoms with Crippen LogP contribution in [0.5, 0.6) is 0 Å². The van der Waals surface area contributed by atoms with Crippen LogP contribution in [0.4, 0.5) is 0 Å². The van der Waals surface area contributed by atoms with Crippen LogP contribution in [0.3, 0.4) is 0 Å². The molecule has 0 spiro atoms. The number of ether oxygens (including phenoxy) is 1. The second-order valence-corrected chi connectivity index (χ2v) is 4.59. The summed E-state index contributed by atoms with van der Waals surface area (Å²) in [5.41, 5.74) is -0.327. The van der Waals surface area contributed by atoms with E-state index in [0.29, 0.717) is 6.42 Å². The molecule has 80 valence electrons. The molecule has 1 rings (SSSR count). The lowest BCUT2D eigenvalue weighted by Crippen LogP contribution is -2.40. The second-order valence-electron chi connectivity index (χ2n) is 4.59. The summed E-state index contributed by atoms with van der Waals surface area (Å²) in [6.07, 6.45) is 2.55. The van der Waals surface area contributed by atoms with E-state index in [1.807, 2.05) is 13.8 Å². The first-order chi connectivity index (χ1) is 6.49. The van der Waals surface area contributed by atoms with Crippen molar-refractivity contribution in [2.45, 2.75) is 33.1 Å². The van der Waals surface area contributed by atoms with E-state index in [4.69, 9.17) is 4.74 Å². The predicted octanol–water partition coefficient (Wildman–Crippen LogP) is 1.60. The van der Waals surface area contributed by atoms with Gasteiger partial charge in [-0.15, -0.1) is 0 Å². The lowest BCUT2D eigenvalue weighted by atomic mass is 9.70. The third-order valence-electron chi connectivity index (χ3n) is 2.95. The molecule has 3 heteroatoms. The highest BCUT2D eigenvalue weighted by Gasteiger charge is 2.40. The van der Waals surface area contributed by atoms with Crippen molar-refractivity contribution in [1.29, 1.82) is 0 Å². The number of ketones is 2. The number of methoxy groups -OCH3 is 1. The maximum absolute atomic E-state index is 11.9. The van der Waals surface area contributed by atoms with Crippen molar-refractivity contribution in [3.63, 3.8) is 0 Å². The van der Waals surface area contributed by atoms with Crippen LogP contribution in [0, 0.1) is 11.3 Å². The Morgan fingerprint density at radius 2 is 2.21 bits per heavy atom. The summed E-state index contributed by atoms with van der Waals surface area (Å²) in [5, 5.41) is 0. The molecule has 0 aromatic rings. The summed E-state index contributed by atoms with van der Waals surface area (Å²) in [6, 6.07) is 0. The normalized spacial score (nSPS) is 26.2. The van der Waals surface area contributed by atoms with E-state index in [-0.39, 0.29) is 23.6 Å². The second kappa shape index (κ2) is 4.22. The minimum atomic E-state index is -0.418.